The fourth-order valence-corrected chi connectivity index (χ4v) is 2.45. The SMILES string of the molecule is CCCCn1c(-c2cccc(OCC)c2)ccc(CO)c1=O. The van der Waals surface area contributed by atoms with Crippen LogP contribution < -0.4 is 10.3 Å². The van der Waals surface area contributed by atoms with Gasteiger partial charge in [0.2, 0.25) is 0 Å². The van der Waals surface area contributed by atoms with Gasteiger partial charge in [0.25, 0.3) is 5.56 Å². The zero-order valence-corrected chi connectivity index (χ0v) is 13.2. The van der Waals surface area contributed by atoms with E-state index in [1.54, 1.807) is 10.6 Å². The Kier molecular flexibility index (Phi) is 5.78. The molecule has 0 radical (unpaired) electrons. The highest BCUT2D eigenvalue weighted by Gasteiger charge is 2.10. The third-order valence-corrected chi connectivity index (χ3v) is 3.60. The molecule has 0 spiro atoms. The zero-order valence-electron chi connectivity index (χ0n) is 13.2. The molecule has 2 rings (SSSR count). The summed E-state index contributed by atoms with van der Waals surface area (Å²) in [5.41, 5.74) is 2.12. The average Bonchev–Trinajstić information content (AvgIpc) is 2.54. The molecule has 1 heterocycles. The molecule has 0 bridgehead atoms. The van der Waals surface area contributed by atoms with Crippen molar-refractivity contribution in [2.75, 3.05) is 6.61 Å². The molecule has 0 saturated carbocycles. The van der Waals surface area contributed by atoms with Crippen LogP contribution in [-0.4, -0.2) is 16.3 Å². The number of aliphatic hydroxyl groups excluding tert-OH is 1. The molecule has 0 aliphatic carbocycles. The first-order valence-electron chi connectivity index (χ1n) is 7.78. The van der Waals surface area contributed by atoms with Gasteiger partial charge in [-0.3, -0.25) is 4.79 Å². The van der Waals surface area contributed by atoms with Gasteiger partial charge in [-0.2, -0.15) is 0 Å². The summed E-state index contributed by atoms with van der Waals surface area (Å²) in [6, 6.07) is 11.3. The van der Waals surface area contributed by atoms with Gasteiger partial charge in [0.05, 0.1) is 18.9 Å². The quantitative estimate of drug-likeness (QED) is 0.854. The van der Waals surface area contributed by atoms with E-state index in [1.807, 2.05) is 37.3 Å². The number of ether oxygens (including phenoxy) is 1. The first-order valence-corrected chi connectivity index (χ1v) is 7.78. The molecule has 1 N–H and O–H groups in total. The van der Waals surface area contributed by atoms with Crippen molar-refractivity contribution in [2.45, 2.75) is 39.8 Å². The van der Waals surface area contributed by atoms with Crippen LogP contribution in [0.1, 0.15) is 32.3 Å². The lowest BCUT2D eigenvalue weighted by atomic mass is 10.1. The van der Waals surface area contributed by atoms with Crippen molar-refractivity contribution in [3.05, 3.63) is 52.3 Å². The van der Waals surface area contributed by atoms with Crippen LogP contribution >= 0.6 is 0 Å². The molecule has 2 aromatic rings. The molecule has 4 nitrogen and oxygen atoms in total. The first-order chi connectivity index (χ1) is 10.7. The van der Waals surface area contributed by atoms with Crippen LogP contribution in [0.15, 0.2) is 41.2 Å². The lowest BCUT2D eigenvalue weighted by molar-refractivity contribution is 0.279. The molecule has 0 amide bonds. The number of hydrogen-bond acceptors (Lipinski definition) is 3. The normalized spacial score (nSPS) is 10.7. The fraction of sp³-hybridized carbons (Fsp3) is 0.389. The van der Waals surface area contributed by atoms with Crippen LogP contribution in [0.3, 0.4) is 0 Å². The standard InChI is InChI=1S/C18H23NO3/c1-3-5-11-19-17(10-9-15(13-20)18(19)21)14-7-6-8-16(12-14)22-4-2/h6-10,12,20H,3-5,11,13H2,1-2H3. The van der Waals surface area contributed by atoms with Crippen molar-refractivity contribution in [1.82, 2.24) is 4.57 Å². The van der Waals surface area contributed by atoms with E-state index in [0.717, 1.165) is 29.8 Å². The number of aliphatic hydroxyl groups is 1. The molecule has 118 valence electrons. The van der Waals surface area contributed by atoms with Gasteiger partial charge in [-0.25, -0.2) is 0 Å². The van der Waals surface area contributed by atoms with Crippen LogP contribution in [0, 0.1) is 0 Å². The van der Waals surface area contributed by atoms with E-state index in [-0.39, 0.29) is 12.2 Å². The molecule has 0 atom stereocenters. The number of unbranched alkanes of at least 4 members (excludes halogenated alkanes) is 1. The van der Waals surface area contributed by atoms with Gasteiger partial charge in [0, 0.05) is 17.7 Å². The van der Waals surface area contributed by atoms with Crippen LogP contribution in [0.5, 0.6) is 5.75 Å². The van der Waals surface area contributed by atoms with Gasteiger partial charge in [-0.15, -0.1) is 0 Å². The van der Waals surface area contributed by atoms with Gasteiger partial charge in [-0.1, -0.05) is 25.5 Å². The molecular weight excluding hydrogens is 278 g/mol. The number of nitrogens with zero attached hydrogens (tertiary/aromatic N) is 1. The second kappa shape index (κ2) is 7.80. The Morgan fingerprint density at radius 2 is 2.00 bits per heavy atom. The predicted molar refractivity (Wildman–Crippen MR) is 88.1 cm³/mol. The van der Waals surface area contributed by atoms with E-state index < -0.39 is 0 Å². The van der Waals surface area contributed by atoms with Crippen molar-refractivity contribution in [3.63, 3.8) is 0 Å². The Balaban J connectivity index is 2.51. The second-order valence-electron chi connectivity index (χ2n) is 5.17. The van der Waals surface area contributed by atoms with Crippen molar-refractivity contribution in [3.8, 4) is 17.0 Å². The van der Waals surface area contributed by atoms with E-state index in [9.17, 15) is 9.90 Å². The summed E-state index contributed by atoms with van der Waals surface area (Å²) in [6.07, 6.45) is 1.93. The summed E-state index contributed by atoms with van der Waals surface area (Å²) in [5.74, 6) is 0.792. The van der Waals surface area contributed by atoms with Gasteiger partial charge >= 0.3 is 0 Å². The molecular formula is C18H23NO3. The van der Waals surface area contributed by atoms with Crippen molar-refractivity contribution in [1.29, 1.82) is 0 Å². The fourth-order valence-electron chi connectivity index (χ4n) is 2.45. The molecule has 0 aliphatic heterocycles. The highest BCUT2D eigenvalue weighted by atomic mass is 16.5. The Hall–Kier alpha value is -2.07. The van der Waals surface area contributed by atoms with E-state index in [0.29, 0.717) is 18.7 Å². The van der Waals surface area contributed by atoms with Gasteiger partial charge < -0.3 is 14.4 Å². The minimum Gasteiger partial charge on any atom is -0.494 e. The second-order valence-corrected chi connectivity index (χ2v) is 5.17. The summed E-state index contributed by atoms with van der Waals surface area (Å²) in [5, 5.41) is 9.31. The number of rotatable bonds is 7. The van der Waals surface area contributed by atoms with Crippen LogP contribution in [0.2, 0.25) is 0 Å². The van der Waals surface area contributed by atoms with E-state index >= 15 is 0 Å². The third-order valence-electron chi connectivity index (χ3n) is 3.60. The van der Waals surface area contributed by atoms with Crippen molar-refractivity contribution >= 4 is 0 Å². The maximum Gasteiger partial charge on any atom is 0.256 e. The number of hydrogen-bond donors (Lipinski definition) is 1. The summed E-state index contributed by atoms with van der Waals surface area (Å²) in [6.45, 7) is 5.06. The maximum atomic E-state index is 12.5. The lowest BCUT2D eigenvalue weighted by Gasteiger charge is -2.15. The summed E-state index contributed by atoms with van der Waals surface area (Å²) in [4.78, 5) is 12.5. The zero-order chi connectivity index (χ0) is 15.9. The van der Waals surface area contributed by atoms with E-state index in [1.165, 1.54) is 0 Å². The smallest absolute Gasteiger partial charge is 0.256 e. The highest BCUT2D eigenvalue weighted by molar-refractivity contribution is 5.62. The van der Waals surface area contributed by atoms with Crippen LogP contribution in [0.4, 0.5) is 0 Å². The summed E-state index contributed by atoms with van der Waals surface area (Å²) >= 11 is 0. The molecule has 0 aliphatic rings. The maximum absolute atomic E-state index is 12.5. The Morgan fingerprint density at radius 3 is 2.68 bits per heavy atom. The first kappa shape index (κ1) is 16.3. The van der Waals surface area contributed by atoms with Gasteiger partial charge in [0.15, 0.2) is 0 Å². The number of pyridine rings is 1. The highest BCUT2D eigenvalue weighted by Crippen LogP contribution is 2.23. The Bertz CT molecular complexity index is 676. The number of aromatic nitrogens is 1. The summed E-state index contributed by atoms with van der Waals surface area (Å²) in [7, 11) is 0. The summed E-state index contributed by atoms with van der Waals surface area (Å²) < 4.78 is 7.29. The third kappa shape index (κ3) is 3.57. The number of benzene rings is 1. The van der Waals surface area contributed by atoms with Crippen molar-refractivity contribution in [2.24, 2.45) is 0 Å². The van der Waals surface area contributed by atoms with E-state index in [4.69, 9.17) is 4.74 Å². The average molecular weight is 301 g/mol. The Labute approximate surface area is 131 Å². The van der Waals surface area contributed by atoms with Crippen LogP contribution in [-0.2, 0) is 13.2 Å². The Morgan fingerprint density at radius 1 is 1.18 bits per heavy atom. The van der Waals surface area contributed by atoms with Gasteiger partial charge in [-0.05, 0) is 37.6 Å². The largest absolute Gasteiger partial charge is 0.494 e. The molecule has 0 saturated heterocycles. The minimum absolute atomic E-state index is 0.115. The lowest BCUT2D eigenvalue weighted by Crippen LogP contribution is -2.25. The molecule has 22 heavy (non-hydrogen) atoms. The molecule has 4 heteroatoms. The molecule has 0 fully saturated rings. The molecule has 1 aromatic carbocycles. The minimum atomic E-state index is -0.232. The predicted octanol–water partition coefficient (Wildman–Crippen LogP) is 3.21. The van der Waals surface area contributed by atoms with Crippen LogP contribution in [0.25, 0.3) is 11.3 Å². The molecule has 1 aromatic heterocycles. The van der Waals surface area contributed by atoms with Gasteiger partial charge in [0.1, 0.15) is 5.75 Å². The molecule has 0 unspecified atom stereocenters. The van der Waals surface area contributed by atoms with E-state index in [2.05, 4.69) is 6.92 Å². The monoisotopic (exact) mass is 301 g/mol. The topological polar surface area (TPSA) is 51.5 Å². The van der Waals surface area contributed by atoms with Crippen molar-refractivity contribution < 1.29 is 9.84 Å².